The highest BCUT2D eigenvalue weighted by Crippen LogP contribution is 2.25. The van der Waals surface area contributed by atoms with Gasteiger partial charge in [0, 0.05) is 18.5 Å². The molecule has 1 fully saturated rings. The fourth-order valence-electron chi connectivity index (χ4n) is 2.54. The molecule has 1 aromatic heterocycles. The van der Waals surface area contributed by atoms with E-state index >= 15 is 0 Å². The summed E-state index contributed by atoms with van der Waals surface area (Å²) in [5.74, 6) is 0.238. The van der Waals surface area contributed by atoms with Crippen LogP contribution in [0.4, 0.5) is 0 Å². The minimum Gasteiger partial charge on any atom is -0.342 e. The number of aromatic nitrogens is 1. The maximum absolute atomic E-state index is 12.3. The molecule has 20 heavy (non-hydrogen) atoms. The molecule has 3 nitrogen and oxygen atoms in total. The molecular formula is C16H18N2OS. The molecule has 1 saturated heterocycles. The van der Waals surface area contributed by atoms with Gasteiger partial charge < -0.3 is 4.90 Å². The zero-order valence-corrected chi connectivity index (χ0v) is 12.4. The fraction of sp³-hybridized carbons (Fsp3) is 0.375. The highest BCUT2D eigenvalue weighted by Gasteiger charge is 2.24. The lowest BCUT2D eigenvalue weighted by Crippen LogP contribution is -2.34. The second kappa shape index (κ2) is 5.83. The Hall–Kier alpha value is -1.55. The van der Waals surface area contributed by atoms with Crippen LogP contribution in [0.25, 0.3) is 10.9 Å². The third kappa shape index (κ3) is 2.80. The summed E-state index contributed by atoms with van der Waals surface area (Å²) in [5, 5.41) is 1.99. The van der Waals surface area contributed by atoms with Gasteiger partial charge in [-0.1, -0.05) is 36.0 Å². The van der Waals surface area contributed by atoms with Crippen LogP contribution in [0.2, 0.25) is 0 Å². The molecule has 0 aliphatic carbocycles. The van der Waals surface area contributed by atoms with E-state index < -0.39 is 0 Å². The Bertz CT molecular complexity index is 623. The van der Waals surface area contributed by atoms with Crippen molar-refractivity contribution in [3.8, 4) is 0 Å². The van der Waals surface area contributed by atoms with Gasteiger partial charge in [0.05, 0.1) is 15.8 Å². The first-order valence-corrected chi connectivity index (χ1v) is 7.93. The van der Waals surface area contributed by atoms with E-state index in [2.05, 4.69) is 17.1 Å². The van der Waals surface area contributed by atoms with Gasteiger partial charge in [0.15, 0.2) is 0 Å². The molecule has 2 heterocycles. The second-order valence-corrected chi connectivity index (χ2v) is 6.50. The Morgan fingerprint density at radius 2 is 1.95 bits per heavy atom. The first-order chi connectivity index (χ1) is 9.74. The quantitative estimate of drug-likeness (QED) is 0.811. The Balaban J connectivity index is 1.73. The van der Waals surface area contributed by atoms with Gasteiger partial charge >= 0.3 is 0 Å². The van der Waals surface area contributed by atoms with E-state index in [9.17, 15) is 4.79 Å². The van der Waals surface area contributed by atoms with Gasteiger partial charge in [0.2, 0.25) is 5.91 Å². The van der Waals surface area contributed by atoms with Gasteiger partial charge in [0.25, 0.3) is 0 Å². The van der Waals surface area contributed by atoms with Crippen LogP contribution in [-0.4, -0.2) is 34.1 Å². The number of hydrogen-bond acceptors (Lipinski definition) is 3. The topological polar surface area (TPSA) is 33.2 Å². The molecule has 0 spiro atoms. The molecule has 0 unspecified atom stereocenters. The molecule has 1 amide bonds. The average molecular weight is 286 g/mol. The molecule has 4 heteroatoms. The number of carbonyl (C=O) groups excluding carboxylic acids is 1. The minimum atomic E-state index is -0.0678. The molecule has 2 aromatic rings. The van der Waals surface area contributed by atoms with Gasteiger partial charge in [-0.05, 0) is 31.9 Å². The van der Waals surface area contributed by atoms with E-state index in [4.69, 9.17) is 0 Å². The molecule has 1 aliphatic heterocycles. The summed E-state index contributed by atoms with van der Waals surface area (Å²) in [6.07, 6.45) is 2.27. The van der Waals surface area contributed by atoms with Crippen molar-refractivity contribution in [2.24, 2.45) is 0 Å². The molecule has 104 valence electrons. The van der Waals surface area contributed by atoms with Crippen LogP contribution in [0.3, 0.4) is 0 Å². The number of fused-ring (bicyclic) bond motifs is 1. The van der Waals surface area contributed by atoms with E-state index in [-0.39, 0.29) is 11.2 Å². The van der Waals surface area contributed by atoms with E-state index in [1.807, 2.05) is 36.1 Å². The number of thioether (sulfide) groups is 1. The predicted molar refractivity (Wildman–Crippen MR) is 82.9 cm³/mol. The molecule has 0 N–H and O–H groups in total. The lowest BCUT2D eigenvalue weighted by atomic mass is 10.2. The number of carbonyl (C=O) groups is 1. The summed E-state index contributed by atoms with van der Waals surface area (Å²) in [6, 6.07) is 12.1. The first-order valence-electron chi connectivity index (χ1n) is 7.05. The monoisotopic (exact) mass is 286 g/mol. The van der Waals surface area contributed by atoms with E-state index in [1.54, 1.807) is 11.8 Å². The van der Waals surface area contributed by atoms with Crippen molar-refractivity contribution < 1.29 is 4.79 Å². The first kappa shape index (κ1) is 13.4. The lowest BCUT2D eigenvalue weighted by molar-refractivity contribution is -0.129. The molecule has 1 aromatic carbocycles. The smallest absolute Gasteiger partial charge is 0.235 e. The van der Waals surface area contributed by atoms with Crippen molar-refractivity contribution >= 4 is 28.6 Å². The van der Waals surface area contributed by atoms with Crippen LogP contribution in [0, 0.1) is 0 Å². The zero-order valence-electron chi connectivity index (χ0n) is 11.6. The molecular weight excluding hydrogens is 268 g/mol. The Labute approximate surface area is 123 Å². The van der Waals surface area contributed by atoms with Crippen molar-refractivity contribution in [2.75, 3.05) is 13.1 Å². The van der Waals surface area contributed by atoms with Crippen molar-refractivity contribution in [2.45, 2.75) is 30.0 Å². The van der Waals surface area contributed by atoms with Crippen LogP contribution in [0.15, 0.2) is 41.4 Å². The van der Waals surface area contributed by atoms with Gasteiger partial charge in [-0.15, -0.1) is 0 Å². The number of amides is 1. The normalized spacial score (nSPS) is 16.6. The van der Waals surface area contributed by atoms with Crippen molar-refractivity contribution in [3.05, 3.63) is 36.4 Å². The molecule has 0 radical (unpaired) electrons. The molecule has 1 aliphatic rings. The van der Waals surface area contributed by atoms with Gasteiger partial charge in [0.1, 0.15) is 0 Å². The number of pyridine rings is 1. The molecule has 0 saturated carbocycles. The standard InChI is InChI=1S/C16H18N2OS/c1-12(16(19)18-10-4-5-11-18)20-15-9-8-13-6-2-3-7-14(13)17-15/h2-3,6-9,12H,4-5,10-11H2,1H3/t12-/m1/s1. The Morgan fingerprint density at radius 3 is 2.75 bits per heavy atom. The molecule has 0 bridgehead atoms. The summed E-state index contributed by atoms with van der Waals surface area (Å²) >= 11 is 1.55. The van der Waals surface area contributed by atoms with E-state index in [0.29, 0.717) is 0 Å². The number of rotatable bonds is 3. The third-order valence-corrected chi connectivity index (χ3v) is 4.66. The number of nitrogens with zero attached hydrogens (tertiary/aromatic N) is 2. The lowest BCUT2D eigenvalue weighted by Gasteiger charge is -2.19. The van der Waals surface area contributed by atoms with Gasteiger partial charge in [-0.25, -0.2) is 4.98 Å². The predicted octanol–water partition coefficient (Wildman–Crippen LogP) is 3.34. The van der Waals surface area contributed by atoms with Crippen LogP contribution >= 0.6 is 11.8 Å². The summed E-state index contributed by atoms with van der Waals surface area (Å²) in [6.45, 7) is 3.80. The number of likely N-dealkylation sites (tertiary alicyclic amines) is 1. The summed E-state index contributed by atoms with van der Waals surface area (Å²) in [7, 11) is 0. The third-order valence-electron chi connectivity index (χ3n) is 3.64. The minimum absolute atomic E-state index is 0.0678. The highest BCUT2D eigenvalue weighted by molar-refractivity contribution is 8.00. The number of hydrogen-bond donors (Lipinski definition) is 0. The van der Waals surface area contributed by atoms with Crippen LogP contribution < -0.4 is 0 Å². The highest BCUT2D eigenvalue weighted by atomic mass is 32.2. The summed E-state index contributed by atoms with van der Waals surface area (Å²) < 4.78 is 0. The Kier molecular flexibility index (Phi) is 3.92. The van der Waals surface area contributed by atoms with E-state index in [1.165, 1.54) is 0 Å². The molecule has 1 atom stereocenters. The van der Waals surface area contributed by atoms with Crippen molar-refractivity contribution in [1.82, 2.24) is 9.88 Å². The van der Waals surface area contributed by atoms with Gasteiger partial charge in [-0.2, -0.15) is 0 Å². The van der Waals surface area contributed by atoms with Gasteiger partial charge in [-0.3, -0.25) is 4.79 Å². The number of benzene rings is 1. The second-order valence-electron chi connectivity index (χ2n) is 5.13. The summed E-state index contributed by atoms with van der Waals surface area (Å²) in [4.78, 5) is 18.9. The fourth-order valence-corrected chi connectivity index (χ4v) is 3.45. The van der Waals surface area contributed by atoms with Crippen LogP contribution in [-0.2, 0) is 4.79 Å². The average Bonchev–Trinajstić information content (AvgIpc) is 3.00. The van der Waals surface area contributed by atoms with Crippen LogP contribution in [0.1, 0.15) is 19.8 Å². The van der Waals surface area contributed by atoms with Crippen LogP contribution in [0.5, 0.6) is 0 Å². The van der Waals surface area contributed by atoms with E-state index in [0.717, 1.165) is 41.9 Å². The number of para-hydroxylation sites is 1. The Morgan fingerprint density at radius 1 is 1.20 bits per heavy atom. The van der Waals surface area contributed by atoms with Crippen molar-refractivity contribution in [3.63, 3.8) is 0 Å². The maximum atomic E-state index is 12.3. The largest absolute Gasteiger partial charge is 0.342 e. The molecule has 3 rings (SSSR count). The summed E-state index contributed by atoms with van der Waals surface area (Å²) in [5.41, 5.74) is 0.985. The zero-order chi connectivity index (χ0) is 13.9. The maximum Gasteiger partial charge on any atom is 0.235 e. The van der Waals surface area contributed by atoms with Crippen molar-refractivity contribution in [1.29, 1.82) is 0 Å². The SMILES string of the molecule is C[C@@H](Sc1ccc2ccccc2n1)C(=O)N1CCCC1.